The van der Waals surface area contributed by atoms with Gasteiger partial charge in [-0.3, -0.25) is 9.36 Å². The highest BCUT2D eigenvalue weighted by atomic mass is 127. The van der Waals surface area contributed by atoms with Gasteiger partial charge in [0.1, 0.15) is 5.75 Å². The van der Waals surface area contributed by atoms with E-state index in [0.717, 1.165) is 47.4 Å². The normalized spacial score (nSPS) is 16.8. The maximum Gasteiger partial charge on any atom is 0.271 e. The fraction of sp³-hybridized carbons (Fsp3) is 0.172. The van der Waals surface area contributed by atoms with Gasteiger partial charge in [0.25, 0.3) is 5.56 Å². The Hall–Kier alpha value is -2.24. The van der Waals surface area contributed by atoms with Crippen LogP contribution >= 0.6 is 56.5 Å². The first-order valence-electron chi connectivity index (χ1n) is 11.8. The van der Waals surface area contributed by atoms with E-state index in [1.807, 2.05) is 35.8 Å². The van der Waals surface area contributed by atoms with E-state index in [9.17, 15) is 4.79 Å². The highest BCUT2D eigenvalue weighted by Crippen LogP contribution is 2.41. The van der Waals surface area contributed by atoms with E-state index in [0.29, 0.717) is 11.1 Å². The summed E-state index contributed by atoms with van der Waals surface area (Å²) in [5, 5.41) is 0. The molecule has 7 heteroatoms. The largest absolute Gasteiger partial charge is 0.492 e. The topological polar surface area (TPSA) is 43.6 Å². The monoisotopic (exact) mass is 716 g/mol. The SMILES string of the molecule is CCOc1c(I)cc(/C=c2/sc3n(c2=O)[C@@H](c2ccccc2)C2=C(N=3)c3ccccc3CC2)cc1I. The molecule has 1 aromatic heterocycles. The van der Waals surface area contributed by atoms with Crippen LogP contribution in [0.1, 0.15) is 41.6 Å². The number of halogens is 2. The van der Waals surface area contributed by atoms with Gasteiger partial charge in [-0.1, -0.05) is 65.9 Å². The van der Waals surface area contributed by atoms with Crippen LogP contribution in [0.15, 0.2) is 82.1 Å². The molecule has 2 heterocycles. The lowest BCUT2D eigenvalue weighted by molar-refractivity contribution is 0.335. The van der Waals surface area contributed by atoms with Crippen LogP contribution in [0, 0.1) is 7.14 Å². The second kappa shape index (κ2) is 9.90. The Morgan fingerprint density at radius 3 is 2.53 bits per heavy atom. The first-order valence-corrected chi connectivity index (χ1v) is 14.8. The van der Waals surface area contributed by atoms with Gasteiger partial charge in [0.2, 0.25) is 0 Å². The molecule has 4 nitrogen and oxygen atoms in total. The first-order chi connectivity index (χ1) is 17.5. The number of aryl methyl sites for hydroxylation is 1. The number of rotatable bonds is 4. The molecule has 0 spiro atoms. The van der Waals surface area contributed by atoms with Gasteiger partial charge in [-0.15, -0.1) is 0 Å². The van der Waals surface area contributed by atoms with Gasteiger partial charge < -0.3 is 4.74 Å². The summed E-state index contributed by atoms with van der Waals surface area (Å²) in [5.74, 6) is 0.896. The average Bonchev–Trinajstić information content (AvgIpc) is 3.19. The molecule has 4 aromatic rings. The molecule has 3 aromatic carbocycles. The molecule has 0 saturated carbocycles. The molecule has 1 atom stereocenters. The third kappa shape index (κ3) is 4.18. The average molecular weight is 716 g/mol. The van der Waals surface area contributed by atoms with Crippen molar-refractivity contribution in [3.8, 4) is 5.75 Å². The molecule has 0 fully saturated rings. The standard InChI is InChI=1S/C29H22I2N2O2S/c1-2-35-27-22(30)14-17(15-23(27)31)16-24-28(34)33-26(19-9-4-3-5-10-19)21-13-12-18-8-6-7-11-20(18)25(21)32-29(33)36-24/h3-11,14-16,26H,2,12-13H2,1H3/b24-16+/t26-/m0/s1. The quantitative estimate of drug-likeness (QED) is 0.246. The Kier molecular flexibility index (Phi) is 6.64. The van der Waals surface area contributed by atoms with Crippen LogP contribution in [0.4, 0.5) is 0 Å². The van der Waals surface area contributed by atoms with Crippen molar-refractivity contribution in [1.29, 1.82) is 0 Å². The number of hydrogen-bond donors (Lipinski definition) is 0. The smallest absolute Gasteiger partial charge is 0.271 e. The second-order valence-corrected chi connectivity index (χ2v) is 12.1. The Bertz CT molecular complexity index is 1680. The van der Waals surface area contributed by atoms with Gasteiger partial charge in [-0.25, -0.2) is 4.99 Å². The molecular formula is C29H22I2N2O2S. The Morgan fingerprint density at radius 1 is 1.06 bits per heavy atom. The van der Waals surface area contributed by atoms with Crippen molar-refractivity contribution in [2.45, 2.75) is 25.8 Å². The summed E-state index contributed by atoms with van der Waals surface area (Å²) in [6.45, 7) is 2.61. The Balaban J connectivity index is 1.57. The van der Waals surface area contributed by atoms with Gasteiger partial charge in [0.15, 0.2) is 4.80 Å². The summed E-state index contributed by atoms with van der Waals surface area (Å²) in [4.78, 5) is 19.7. The number of ether oxygens (including phenoxy) is 1. The number of hydrogen-bond acceptors (Lipinski definition) is 4. The van der Waals surface area contributed by atoms with Crippen molar-refractivity contribution in [2.24, 2.45) is 4.99 Å². The van der Waals surface area contributed by atoms with Crippen LogP contribution in [0.25, 0.3) is 11.8 Å². The fourth-order valence-electron chi connectivity index (χ4n) is 5.05. The zero-order valence-electron chi connectivity index (χ0n) is 19.5. The lowest BCUT2D eigenvalue weighted by Gasteiger charge is -2.30. The number of benzene rings is 3. The van der Waals surface area contributed by atoms with Crippen LogP contribution in [0.3, 0.4) is 0 Å². The molecule has 0 unspecified atom stereocenters. The molecule has 1 aliphatic heterocycles. The summed E-state index contributed by atoms with van der Waals surface area (Å²) in [7, 11) is 0. The maximum atomic E-state index is 13.9. The van der Waals surface area contributed by atoms with Gasteiger partial charge in [0.05, 0.1) is 30.0 Å². The molecule has 2 aliphatic rings. The molecule has 36 heavy (non-hydrogen) atoms. The molecule has 0 bridgehead atoms. The minimum Gasteiger partial charge on any atom is -0.492 e. The third-order valence-electron chi connectivity index (χ3n) is 6.60. The van der Waals surface area contributed by atoms with Crippen LogP contribution in [0.5, 0.6) is 5.75 Å². The Labute approximate surface area is 240 Å². The lowest BCUT2D eigenvalue weighted by atomic mass is 9.83. The number of fused-ring (bicyclic) bond motifs is 3. The van der Waals surface area contributed by atoms with Crippen molar-refractivity contribution >= 4 is 68.3 Å². The summed E-state index contributed by atoms with van der Waals surface area (Å²) in [6, 6.07) is 22.9. The van der Waals surface area contributed by atoms with Crippen LogP contribution in [-0.2, 0) is 6.42 Å². The summed E-state index contributed by atoms with van der Waals surface area (Å²) in [6.07, 6.45) is 3.85. The maximum absolute atomic E-state index is 13.9. The zero-order valence-corrected chi connectivity index (χ0v) is 24.6. The summed E-state index contributed by atoms with van der Waals surface area (Å²) < 4.78 is 10.5. The van der Waals surface area contributed by atoms with E-state index >= 15 is 0 Å². The molecule has 180 valence electrons. The van der Waals surface area contributed by atoms with Gasteiger partial charge >= 0.3 is 0 Å². The fourth-order valence-corrected chi connectivity index (χ4v) is 8.18. The van der Waals surface area contributed by atoms with E-state index in [-0.39, 0.29) is 11.6 Å². The molecule has 1 aliphatic carbocycles. The predicted octanol–water partition coefficient (Wildman–Crippen LogP) is 5.93. The van der Waals surface area contributed by atoms with Crippen molar-refractivity contribution in [3.05, 3.63) is 121 Å². The van der Waals surface area contributed by atoms with Crippen molar-refractivity contribution in [1.82, 2.24) is 4.57 Å². The molecule has 6 rings (SSSR count). The van der Waals surface area contributed by atoms with Crippen LogP contribution < -0.4 is 19.6 Å². The van der Waals surface area contributed by atoms with E-state index in [1.54, 1.807) is 0 Å². The zero-order chi connectivity index (χ0) is 24.8. The van der Waals surface area contributed by atoms with Crippen LogP contribution in [0.2, 0.25) is 0 Å². The van der Waals surface area contributed by atoms with Crippen molar-refractivity contribution < 1.29 is 4.74 Å². The number of aromatic nitrogens is 1. The highest BCUT2D eigenvalue weighted by Gasteiger charge is 2.32. The lowest BCUT2D eigenvalue weighted by Crippen LogP contribution is -2.38. The number of nitrogens with zero attached hydrogens (tertiary/aromatic N) is 2. The molecule has 0 amide bonds. The van der Waals surface area contributed by atoms with Crippen molar-refractivity contribution in [3.63, 3.8) is 0 Å². The first kappa shape index (κ1) is 24.1. The highest BCUT2D eigenvalue weighted by molar-refractivity contribution is 14.1. The number of thiazole rings is 1. The molecule has 0 N–H and O–H groups in total. The second-order valence-electron chi connectivity index (χ2n) is 8.77. The molecular weight excluding hydrogens is 694 g/mol. The summed E-state index contributed by atoms with van der Waals surface area (Å²) >= 11 is 6.07. The third-order valence-corrected chi connectivity index (χ3v) is 9.18. The molecule has 0 radical (unpaired) electrons. The number of allylic oxidation sites excluding steroid dienone is 1. The Morgan fingerprint density at radius 2 is 1.78 bits per heavy atom. The van der Waals surface area contributed by atoms with E-state index in [2.05, 4.69) is 93.7 Å². The van der Waals surface area contributed by atoms with Gasteiger partial charge in [0, 0.05) is 5.56 Å². The van der Waals surface area contributed by atoms with E-state index < -0.39 is 0 Å². The van der Waals surface area contributed by atoms with Gasteiger partial charge in [-0.2, -0.15) is 0 Å². The van der Waals surface area contributed by atoms with Gasteiger partial charge in [-0.05, 0) is 105 Å². The summed E-state index contributed by atoms with van der Waals surface area (Å²) in [5.41, 5.74) is 6.89. The predicted molar refractivity (Wildman–Crippen MR) is 162 cm³/mol. The van der Waals surface area contributed by atoms with Crippen LogP contribution in [-0.4, -0.2) is 11.2 Å². The van der Waals surface area contributed by atoms with E-state index in [4.69, 9.17) is 9.73 Å². The minimum absolute atomic E-state index is 0.0110. The van der Waals surface area contributed by atoms with Crippen molar-refractivity contribution in [2.75, 3.05) is 6.61 Å². The minimum atomic E-state index is -0.145. The van der Waals surface area contributed by atoms with E-state index in [1.165, 1.54) is 28.0 Å². The molecule has 0 saturated heterocycles.